The minimum absolute atomic E-state index is 0.255. The van der Waals surface area contributed by atoms with E-state index in [0.717, 1.165) is 43.2 Å². The molecule has 0 radical (unpaired) electrons. The average Bonchev–Trinajstić information content (AvgIpc) is 2.99. The van der Waals surface area contributed by atoms with E-state index in [0.29, 0.717) is 6.61 Å². The Balaban J connectivity index is 1.59. The highest BCUT2D eigenvalue weighted by Crippen LogP contribution is 2.27. The highest BCUT2D eigenvalue weighted by atomic mass is 16.5. The molecule has 5 heteroatoms. The first-order valence-electron chi connectivity index (χ1n) is 8.33. The Hall–Kier alpha value is -1.98. The second-order valence-electron chi connectivity index (χ2n) is 6.59. The molecule has 1 atom stereocenters. The topological polar surface area (TPSA) is 47.5 Å². The van der Waals surface area contributed by atoms with Crippen molar-refractivity contribution >= 4 is 0 Å². The summed E-state index contributed by atoms with van der Waals surface area (Å²) in [6, 6.07) is 8.13. The fourth-order valence-corrected chi connectivity index (χ4v) is 3.08. The van der Waals surface area contributed by atoms with Gasteiger partial charge in [0.05, 0.1) is 0 Å². The van der Waals surface area contributed by atoms with Gasteiger partial charge >= 0.3 is 0 Å². The Labute approximate surface area is 143 Å². The molecule has 2 aromatic rings. The Bertz CT molecular complexity index is 675. The van der Waals surface area contributed by atoms with Crippen molar-refractivity contribution in [2.75, 3.05) is 26.8 Å². The van der Waals surface area contributed by atoms with Crippen LogP contribution in [-0.2, 0) is 11.3 Å². The van der Waals surface area contributed by atoms with Crippen LogP contribution in [-0.4, -0.2) is 47.3 Å². The lowest BCUT2D eigenvalue weighted by atomic mass is 10.0. The summed E-state index contributed by atoms with van der Waals surface area (Å²) in [7, 11) is 1.78. The summed E-state index contributed by atoms with van der Waals surface area (Å²) >= 11 is 0. The molecule has 0 bridgehead atoms. The van der Waals surface area contributed by atoms with Gasteiger partial charge in [-0.1, -0.05) is 12.1 Å². The van der Waals surface area contributed by atoms with Gasteiger partial charge in [-0.2, -0.15) is 0 Å². The fraction of sp³-hybridized carbons (Fsp3) is 0.474. The van der Waals surface area contributed by atoms with Crippen LogP contribution in [0.4, 0.5) is 0 Å². The van der Waals surface area contributed by atoms with E-state index < -0.39 is 0 Å². The number of ether oxygens (including phenoxy) is 2. The first-order valence-corrected chi connectivity index (χ1v) is 8.33. The standard InChI is InChI=1S/C19H25N3O2/c1-15-5-4-6-18(9-15)24-14-19(23-3)7-8-22(13-19)12-17-10-20-16(2)21-11-17/h4-6,9-11H,7-8,12-14H2,1-3H3/t19-/m0/s1. The van der Waals surface area contributed by atoms with Crippen molar-refractivity contribution in [2.24, 2.45) is 0 Å². The van der Waals surface area contributed by atoms with Gasteiger partial charge in [-0.3, -0.25) is 4.90 Å². The summed E-state index contributed by atoms with van der Waals surface area (Å²) < 4.78 is 11.8. The van der Waals surface area contributed by atoms with Crippen molar-refractivity contribution in [2.45, 2.75) is 32.4 Å². The molecule has 1 aromatic heterocycles. The number of aryl methyl sites for hydroxylation is 2. The Morgan fingerprint density at radius 3 is 2.71 bits per heavy atom. The highest BCUT2D eigenvalue weighted by molar-refractivity contribution is 5.27. The zero-order valence-corrected chi connectivity index (χ0v) is 14.7. The molecule has 0 spiro atoms. The van der Waals surface area contributed by atoms with Gasteiger partial charge in [0.2, 0.25) is 0 Å². The maximum atomic E-state index is 6.00. The van der Waals surface area contributed by atoms with Gasteiger partial charge in [0.25, 0.3) is 0 Å². The molecule has 3 rings (SSSR count). The van der Waals surface area contributed by atoms with Crippen molar-refractivity contribution in [3.63, 3.8) is 0 Å². The van der Waals surface area contributed by atoms with Crippen LogP contribution in [0.3, 0.4) is 0 Å². The zero-order chi connectivity index (χ0) is 17.0. The third kappa shape index (κ3) is 4.10. The summed E-state index contributed by atoms with van der Waals surface area (Å²) in [6.45, 7) is 7.21. The normalized spacial score (nSPS) is 21.1. The van der Waals surface area contributed by atoms with E-state index in [2.05, 4.69) is 33.9 Å². The molecular formula is C19H25N3O2. The van der Waals surface area contributed by atoms with Gasteiger partial charge in [0, 0.05) is 44.7 Å². The number of rotatable bonds is 6. The Morgan fingerprint density at radius 1 is 1.21 bits per heavy atom. The largest absolute Gasteiger partial charge is 0.491 e. The van der Waals surface area contributed by atoms with Crippen molar-refractivity contribution in [1.82, 2.24) is 14.9 Å². The number of methoxy groups -OCH3 is 1. The minimum atomic E-state index is -0.255. The summed E-state index contributed by atoms with van der Waals surface area (Å²) in [4.78, 5) is 10.9. The van der Waals surface area contributed by atoms with Crippen LogP contribution < -0.4 is 4.74 Å². The molecule has 1 fully saturated rings. The second kappa shape index (κ2) is 7.28. The maximum Gasteiger partial charge on any atom is 0.125 e. The lowest BCUT2D eigenvalue weighted by Crippen LogP contribution is -2.41. The molecule has 128 valence electrons. The summed E-state index contributed by atoms with van der Waals surface area (Å²) in [5.74, 6) is 1.70. The van der Waals surface area contributed by atoms with Crippen LogP contribution in [0.15, 0.2) is 36.7 Å². The second-order valence-corrected chi connectivity index (χ2v) is 6.59. The predicted molar refractivity (Wildman–Crippen MR) is 93.1 cm³/mol. The van der Waals surface area contributed by atoms with E-state index in [1.807, 2.05) is 31.5 Å². The van der Waals surface area contributed by atoms with E-state index in [1.54, 1.807) is 7.11 Å². The van der Waals surface area contributed by atoms with Crippen molar-refractivity contribution in [3.05, 3.63) is 53.6 Å². The molecular weight excluding hydrogens is 302 g/mol. The molecule has 0 aliphatic carbocycles. The van der Waals surface area contributed by atoms with Crippen molar-refractivity contribution in [1.29, 1.82) is 0 Å². The van der Waals surface area contributed by atoms with Crippen LogP contribution in [0.1, 0.15) is 23.4 Å². The maximum absolute atomic E-state index is 6.00. The number of benzene rings is 1. The molecule has 0 N–H and O–H groups in total. The molecule has 1 aliphatic rings. The number of likely N-dealkylation sites (tertiary alicyclic amines) is 1. The lowest BCUT2D eigenvalue weighted by Gasteiger charge is -2.28. The Morgan fingerprint density at radius 2 is 2.00 bits per heavy atom. The molecule has 0 saturated carbocycles. The van der Waals surface area contributed by atoms with Gasteiger partial charge < -0.3 is 9.47 Å². The van der Waals surface area contributed by atoms with Gasteiger partial charge in [0.15, 0.2) is 0 Å². The van der Waals surface area contributed by atoms with Gasteiger partial charge in [0.1, 0.15) is 23.8 Å². The van der Waals surface area contributed by atoms with E-state index in [4.69, 9.17) is 9.47 Å². The van der Waals surface area contributed by atoms with E-state index >= 15 is 0 Å². The van der Waals surface area contributed by atoms with E-state index in [-0.39, 0.29) is 5.60 Å². The van der Waals surface area contributed by atoms with Gasteiger partial charge in [-0.15, -0.1) is 0 Å². The third-order valence-electron chi connectivity index (χ3n) is 4.56. The monoisotopic (exact) mass is 327 g/mol. The number of aromatic nitrogens is 2. The van der Waals surface area contributed by atoms with Gasteiger partial charge in [-0.05, 0) is 38.0 Å². The number of hydrogen-bond donors (Lipinski definition) is 0. The molecule has 1 saturated heterocycles. The zero-order valence-electron chi connectivity index (χ0n) is 14.7. The number of nitrogens with zero attached hydrogens (tertiary/aromatic N) is 3. The van der Waals surface area contributed by atoms with Crippen LogP contribution in [0.2, 0.25) is 0 Å². The van der Waals surface area contributed by atoms with Crippen LogP contribution in [0, 0.1) is 13.8 Å². The summed E-state index contributed by atoms with van der Waals surface area (Å²) in [5.41, 5.74) is 2.08. The minimum Gasteiger partial charge on any atom is -0.491 e. The first-order chi connectivity index (χ1) is 11.6. The highest BCUT2D eigenvalue weighted by Gasteiger charge is 2.39. The summed E-state index contributed by atoms with van der Waals surface area (Å²) in [6.07, 6.45) is 4.76. The van der Waals surface area contributed by atoms with E-state index in [9.17, 15) is 0 Å². The molecule has 0 unspecified atom stereocenters. The van der Waals surface area contributed by atoms with Crippen LogP contribution in [0.25, 0.3) is 0 Å². The van der Waals surface area contributed by atoms with Crippen LogP contribution >= 0.6 is 0 Å². The van der Waals surface area contributed by atoms with E-state index in [1.165, 1.54) is 5.56 Å². The quantitative estimate of drug-likeness (QED) is 0.816. The summed E-state index contributed by atoms with van der Waals surface area (Å²) in [5, 5.41) is 0. The van der Waals surface area contributed by atoms with Gasteiger partial charge in [-0.25, -0.2) is 9.97 Å². The molecule has 0 amide bonds. The first kappa shape index (κ1) is 16.9. The fourth-order valence-electron chi connectivity index (χ4n) is 3.08. The molecule has 5 nitrogen and oxygen atoms in total. The number of hydrogen-bond acceptors (Lipinski definition) is 5. The Kier molecular flexibility index (Phi) is 5.11. The predicted octanol–water partition coefficient (Wildman–Crippen LogP) is 2.76. The smallest absolute Gasteiger partial charge is 0.125 e. The third-order valence-corrected chi connectivity index (χ3v) is 4.56. The molecule has 1 aromatic carbocycles. The lowest BCUT2D eigenvalue weighted by molar-refractivity contribution is -0.0359. The van der Waals surface area contributed by atoms with Crippen molar-refractivity contribution < 1.29 is 9.47 Å². The molecule has 1 aliphatic heterocycles. The molecule has 24 heavy (non-hydrogen) atoms. The SMILES string of the molecule is CO[C@@]1(COc2cccc(C)c2)CCN(Cc2cnc(C)nc2)C1. The molecule has 2 heterocycles. The van der Waals surface area contributed by atoms with Crippen molar-refractivity contribution in [3.8, 4) is 5.75 Å². The van der Waals surface area contributed by atoms with Crippen LogP contribution in [0.5, 0.6) is 5.75 Å². The average molecular weight is 327 g/mol.